The zero-order valence-corrected chi connectivity index (χ0v) is 21.7. The van der Waals surface area contributed by atoms with Gasteiger partial charge < -0.3 is 9.47 Å². The molecule has 0 radical (unpaired) electrons. The molecule has 0 bridgehead atoms. The van der Waals surface area contributed by atoms with E-state index in [0.29, 0.717) is 46.7 Å². The highest BCUT2D eigenvalue weighted by Gasteiger charge is 2.36. The quantitative estimate of drug-likeness (QED) is 0.215. The number of nitrogens with zero attached hydrogens (tertiary/aromatic N) is 1. The molecule has 0 spiro atoms. The minimum Gasteiger partial charge on any atom is -0.490 e. The van der Waals surface area contributed by atoms with Crippen LogP contribution >= 0.6 is 23.4 Å². The van der Waals surface area contributed by atoms with Crippen LogP contribution in [0.3, 0.4) is 0 Å². The molecule has 1 aliphatic rings. The minimum atomic E-state index is -0.393. The molecule has 0 atom stereocenters. The second kappa shape index (κ2) is 11.5. The third-order valence-corrected chi connectivity index (χ3v) is 6.58. The average molecular weight is 520 g/mol. The van der Waals surface area contributed by atoms with Crippen molar-refractivity contribution in [2.24, 2.45) is 0 Å². The molecule has 36 heavy (non-hydrogen) atoms. The number of allylic oxidation sites excluding steroid dienone is 1. The summed E-state index contributed by atoms with van der Waals surface area (Å²) in [5.74, 6) is 0.820. The van der Waals surface area contributed by atoms with Crippen molar-refractivity contribution in [1.29, 1.82) is 0 Å². The summed E-state index contributed by atoms with van der Waals surface area (Å²) >= 11 is 6.95. The molecule has 3 aromatic carbocycles. The van der Waals surface area contributed by atoms with Gasteiger partial charge in [0.1, 0.15) is 6.61 Å². The SMILES string of the molecule is C=CCc1cc(/C=C2/SC(=O)N(c3cccc(Cl)c3)C2=O)cc(OCC)c1OCc1ccc(C)cc1. The lowest BCUT2D eigenvalue weighted by Crippen LogP contribution is -2.27. The number of thioether (sulfide) groups is 1. The van der Waals surface area contributed by atoms with Gasteiger partial charge in [-0.25, -0.2) is 4.90 Å². The Hall–Kier alpha value is -3.48. The number of rotatable bonds is 9. The summed E-state index contributed by atoms with van der Waals surface area (Å²) in [5.41, 5.74) is 4.28. The fraction of sp³-hybridized carbons (Fsp3) is 0.172. The van der Waals surface area contributed by atoms with Gasteiger partial charge in [-0.1, -0.05) is 53.6 Å². The van der Waals surface area contributed by atoms with E-state index in [-0.39, 0.29) is 5.24 Å². The van der Waals surface area contributed by atoms with E-state index < -0.39 is 5.91 Å². The lowest BCUT2D eigenvalue weighted by Gasteiger charge is -2.17. The number of hydrogen-bond donors (Lipinski definition) is 0. The smallest absolute Gasteiger partial charge is 0.298 e. The van der Waals surface area contributed by atoms with Crippen LogP contribution in [-0.4, -0.2) is 17.8 Å². The monoisotopic (exact) mass is 519 g/mol. The largest absolute Gasteiger partial charge is 0.490 e. The second-order valence-corrected chi connectivity index (χ2v) is 9.63. The first kappa shape index (κ1) is 25.6. The number of amides is 2. The van der Waals surface area contributed by atoms with Gasteiger partial charge in [0, 0.05) is 10.6 Å². The third-order valence-electron chi connectivity index (χ3n) is 5.48. The molecule has 7 heteroatoms. The van der Waals surface area contributed by atoms with Gasteiger partial charge in [0.2, 0.25) is 0 Å². The van der Waals surface area contributed by atoms with Crippen LogP contribution < -0.4 is 14.4 Å². The van der Waals surface area contributed by atoms with Crippen molar-refractivity contribution >= 4 is 46.3 Å². The van der Waals surface area contributed by atoms with Crippen molar-refractivity contribution in [2.75, 3.05) is 11.5 Å². The van der Waals surface area contributed by atoms with E-state index >= 15 is 0 Å². The van der Waals surface area contributed by atoms with Crippen LogP contribution in [0.2, 0.25) is 5.02 Å². The Morgan fingerprint density at radius 1 is 1.06 bits per heavy atom. The van der Waals surface area contributed by atoms with E-state index in [9.17, 15) is 9.59 Å². The first-order valence-electron chi connectivity index (χ1n) is 11.5. The Balaban J connectivity index is 1.66. The Labute approximate surface area is 220 Å². The number of carbonyl (C=O) groups excluding carboxylic acids is 2. The van der Waals surface area contributed by atoms with Crippen molar-refractivity contribution in [3.05, 3.63) is 106 Å². The Morgan fingerprint density at radius 2 is 1.83 bits per heavy atom. The highest BCUT2D eigenvalue weighted by molar-refractivity contribution is 8.19. The molecular formula is C29H26ClNO4S. The first-order chi connectivity index (χ1) is 17.4. The number of hydrogen-bond acceptors (Lipinski definition) is 5. The van der Waals surface area contributed by atoms with Gasteiger partial charge in [0.15, 0.2) is 11.5 Å². The predicted molar refractivity (Wildman–Crippen MR) is 147 cm³/mol. The Bertz CT molecular complexity index is 1330. The second-order valence-electron chi connectivity index (χ2n) is 8.20. The molecule has 0 unspecified atom stereocenters. The summed E-state index contributed by atoms with van der Waals surface area (Å²) in [7, 11) is 0. The van der Waals surface area contributed by atoms with Crippen LogP contribution in [0.5, 0.6) is 11.5 Å². The van der Waals surface area contributed by atoms with E-state index in [2.05, 4.69) is 6.58 Å². The van der Waals surface area contributed by atoms with Crippen molar-refractivity contribution in [2.45, 2.75) is 26.9 Å². The molecule has 3 aromatic rings. The molecule has 1 saturated heterocycles. The molecule has 0 aromatic heterocycles. The van der Waals surface area contributed by atoms with E-state index in [1.54, 1.807) is 36.4 Å². The summed E-state index contributed by atoms with van der Waals surface area (Å²) < 4.78 is 12.1. The summed E-state index contributed by atoms with van der Waals surface area (Å²) in [4.78, 5) is 27.2. The fourth-order valence-corrected chi connectivity index (χ4v) is 4.82. The Morgan fingerprint density at radius 3 is 2.53 bits per heavy atom. The maximum atomic E-state index is 13.1. The predicted octanol–water partition coefficient (Wildman–Crippen LogP) is 7.60. The highest BCUT2D eigenvalue weighted by atomic mass is 35.5. The van der Waals surface area contributed by atoms with Crippen LogP contribution in [0, 0.1) is 6.92 Å². The van der Waals surface area contributed by atoms with E-state index in [1.165, 1.54) is 5.56 Å². The highest BCUT2D eigenvalue weighted by Crippen LogP contribution is 2.39. The maximum Gasteiger partial charge on any atom is 0.298 e. The molecule has 4 rings (SSSR count). The van der Waals surface area contributed by atoms with E-state index in [4.69, 9.17) is 21.1 Å². The number of ether oxygens (including phenoxy) is 2. The van der Waals surface area contributed by atoms with Gasteiger partial charge in [0.25, 0.3) is 11.1 Å². The van der Waals surface area contributed by atoms with Crippen molar-refractivity contribution in [3.8, 4) is 11.5 Å². The lowest BCUT2D eigenvalue weighted by molar-refractivity contribution is -0.113. The molecule has 0 aliphatic carbocycles. The molecule has 5 nitrogen and oxygen atoms in total. The van der Waals surface area contributed by atoms with Gasteiger partial charge in [0.05, 0.1) is 17.2 Å². The summed E-state index contributed by atoms with van der Waals surface area (Å²) in [6, 6.07) is 18.6. The normalized spacial score (nSPS) is 14.4. The van der Waals surface area contributed by atoms with Crippen LogP contribution in [0.15, 0.2) is 78.2 Å². The maximum absolute atomic E-state index is 13.1. The van der Waals surface area contributed by atoms with Crippen LogP contribution in [0.25, 0.3) is 6.08 Å². The number of halogens is 1. The van der Waals surface area contributed by atoms with Crippen LogP contribution in [0.1, 0.15) is 29.2 Å². The Kier molecular flexibility index (Phi) is 8.18. The summed E-state index contributed by atoms with van der Waals surface area (Å²) in [5, 5.41) is 0.0788. The summed E-state index contributed by atoms with van der Waals surface area (Å²) in [6.07, 6.45) is 4.05. The fourth-order valence-electron chi connectivity index (χ4n) is 3.80. The van der Waals surface area contributed by atoms with Crippen molar-refractivity contribution in [3.63, 3.8) is 0 Å². The lowest BCUT2D eigenvalue weighted by atomic mass is 10.0. The van der Waals surface area contributed by atoms with Gasteiger partial charge >= 0.3 is 0 Å². The zero-order valence-electron chi connectivity index (χ0n) is 20.1. The molecule has 0 N–H and O–H groups in total. The van der Waals surface area contributed by atoms with Gasteiger partial charge in [-0.05, 0) is 79.6 Å². The number of benzene rings is 3. The van der Waals surface area contributed by atoms with E-state index in [0.717, 1.165) is 33.4 Å². The van der Waals surface area contributed by atoms with Crippen LogP contribution in [0.4, 0.5) is 10.5 Å². The third kappa shape index (κ3) is 5.83. The topological polar surface area (TPSA) is 55.8 Å². The van der Waals surface area contributed by atoms with Crippen LogP contribution in [-0.2, 0) is 17.8 Å². The standard InChI is InChI=1S/C29H26ClNO4S/c1-4-7-22-14-21(15-25(34-5-2)27(22)35-18-20-12-10-19(3)11-13-20)16-26-28(32)31(29(33)36-26)24-9-6-8-23(30)17-24/h4,6,8-17H,1,5,7,18H2,2-3H3/b26-16+. The molecule has 1 fully saturated rings. The minimum absolute atomic E-state index is 0.320. The number of anilines is 1. The molecule has 0 saturated carbocycles. The zero-order chi connectivity index (χ0) is 25.7. The summed E-state index contributed by atoms with van der Waals surface area (Å²) in [6.45, 7) is 8.66. The number of imide groups is 1. The molecule has 1 aliphatic heterocycles. The molecule has 184 valence electrons. The molecule has 1 heterocycles. The number of aryl methyl sites for hydroxylation is 1. The average Bonchev–Trinajstić information content (AvgIpc) is 3.12. The molecular weight excluding hydrogens is 494 g/mol. The van der Waals surface area contributed by atoms with Gasteiger partial charge in [-0.15, -0.1) is 6.58 Å². The first-order valence-corrected chi connectivity index (χ1v) is 12.7. The van der Waals surface area contributed by atoms with Gasteiger partial charge in [-0.2, -0.15) is 0 Å². The van der Waals surface area contributed by atoms with Crippen molar-refractivity contribution < 1.29 is 19.1 Å². The molecule has 2 amide bonds. The van der Waals surface area contributed by atoms with E-state index in [1.807, 2.05) is 50.2 Å². The number of carbonyl (C=O) groups is 2. The van der Waals surface area contributed by atoms with Gasteiger partial charge in [-0.3, -0.25) is 9.59 Å². The van der Waals surface area contributed by atoms with Crippen molar-refractivity contribution in [1.82, 2.24) is 0 Å².